The van der Waals surface area contributed by atoms with Crippen molar-refractivity contribution in [2.24, 2.45) is 0 Å². The number of hydrogen-bond donors (Lipinski definition) is 2. The van der Waals surface area contributed by atoms with Gasteiger partial charge in [0.1, 0.15) is 5.75 Å². The van der Waals surface area contributed by atoms with Crippen molar-refractivity contribution in [3.05, 3.63) is 29.8 Å². The van der Waals surface area contributed by atoms with Gasteiger partial charge in [-0.25, -0.2) is 0 Å². The van der Waals surface area contributed by atoms with E-state index in [2.05, 4.69) is 10.6 Å². The van der Waals surface area contributed by atoms with E-state index in [4.69, 9.17) is 9.47 Å². The normalized spacial score (nSPS) is 15.1. The molecule has 0 spiro atoms. The Morgan fingerprint density at radius 2 is 2.05 bits per heavy atom. The van der Waals surface area contributed by atoms with E-state index in [-0.39, 0.29) is 18.7 Å². The van der Waals surface area contributed by atoms with Crippen LogP contribution < -0.4 is 15.4 Å². The van der Waals surface area contributed by atoms with Crippen LogP contribution in [0.3, 0.4) is 0 Å². The second kappa shape index (κ2) is 7.08. The van der Waals surface area contributed by atoms with Crippen LogP contribution in [-0.2, 0) is 14.3 Å². The molecule has 1 unspecified atom stereocenters. The minimum absolute atomic E-state index is 0.167. The van der Waals surface area contributed by atoms with Crippen LogP contribution in [-0.4, -0.2) is 38.6 Å². The van der Waals surface area contributed by atoms with Gasteiger partial charge in [0.05, 0.1) is 13.2 Å². The molecule has 114 valence electrons. The fraction of sp³-hybridized carbons (Fsp3) is 0.467. The number of benzene rings is 1. The van der Waals surface area contributed by atoms with E-state index in [0.29, 0.717) is 5.75 Å². The molecule has 0 saturated heterocycles. The lowest BCUT2D eigenvalue weighted by Gasteiger charge is -2.17. The molecule has 0 radical (unpaired) electrons. The lowest BCUT2D eigenvalue weighted by atomic mass is 10.1. The average molecular weight is 292 g/mol. The number of rotatable bonds is 6. The fourth-order valence-corrected chi connectivity index (χ4v) is 1.92. The molecule has 2 amide bonds. The van der Waals surface area contributed by atoms with E-state index in [0.717, 1.165) is 18.4 Å². The van der Waals surface area contributed by atoms with E-state index in [1.165, 1.54) is 0 Å². The third-order valence-corrected chi connectivity index (χ3v) is 3.32. The van der Waals surface area contributed by atoms with Gasteiger partial charge in [0.15, 0.2) is 0 Å². The summed E-state index contributed by atoms with van der Waals surface area (Å²) in [4.78, 5) is 23.2. The molecule has 1 fully saturated rings. The Balaban J connectivity index is 1.88. The number of carbonyl (C=O) groups is 2. The van der Waals surface area contributed by atoms with Gasteiger partial charge < -0.3 is 20.1 Å². The molecule has 0 aromatic heterocycles. The summed E-state index contributed by atoms with van der Waals surface area (Å²) in [6, 6.07) is 7.57. The molecule has 1 saturated carbocycles. The van der Waals surface area contributed by atoms with Gasteiger partial charge in [-0.1, -0.05) is 12.1 Å². The third kappa shape index (κ3) is 4.46. The van der Waals surface area contributed by atoms with Crippen molar-refractivity contribution in [3.8, 4) is 5.75 Å². The van der Waals surface area contributed by atoms with Crippen LogP contribution in [0.15, 0.2) is 24.3 Å². The summed E-state index contributed by atoms with van der Waals surface area (Å²) in [5.74, 6) is -0.503. The zero-order chi connectivity index (χ0) is 15.2. The first-order valence-electron chi connectivity index (χ1n) is 6.89. The van der Waals surface area contributed by atoms with Crippen molar-refractivity contribution < 1.29 is 19.1 Å². The minimum Gasteiger partial charge on any atom is -0.497 e. The predicted octanol–water partition coefficient (Wildman–Crippen LogP) is 0.777. The number of ether oxygens (including phenoxy) is 2. The standard InChI is InChI=1S/C15H20N2O4/c1-20-12-5-3-4-10(8-12)13(21-2)9-16-14(18)15(19)17-11-6-7-11/h3-5,8,11,13H,6-7,9H2,1-2H3,(H,16,18)(H,17,19). The van der Waals surface area contributed by atoms with Crippen molar-refractivity contribution in [1.82, 2.24) is 10.6 Å². The molecule has 0 bridgehead atoms. The number of hydrogen-bond acceptors (Lipinski definition) is 4. The Kier molecular flexibility index (Phi) is 5.16. The molecule has 2 rings (SSSR count). The maximum absolute atomic E-state index is 11.7. The molecule has 1 aromatic rings. The molecule has 21 heavy (non-hydrogen) atoms. The van der Waals surface area contributed by atoms with Crippen LogP contribution in [0.1, 0.15) is 24.5 Å². The zero-order valence-electron chi connectivity index (χ0n) is 12.2. The van der Waals surface area contributed by atoms with Gasteiger partial charge in [0.2, 0.25) is 0 Å². The number of carbonyl (C=O) groups excluding carboxylic acids is 2. The Hall–Kier alpha value is -2.08. The molecular weight excluding hydrogens is 272 g/mol. The molecule has 0 heterocycles. The third-order valence-electron chi connectivity index (χ3n) is 3.32. The van der Waals surface area contributed by atoms with Crippen molar-refractivity contribution in [2.75, 3.05) is 20.8 Å². The summed E-state index contributed by atoms with van der Waals surface area (Å²) in [5.41, 5.74) is 0.875. The van der Waals surface area contributed by atoms with Gasteiger partial charge in [-0.15, -0.1) is 0 Å². The van der Waals surface area contributed by atoms with Crippen molar-refractivity contribution in [2.45, 2.75) is 25.0 Å². The fourth-order valence-electron chi connectivity index (χ4n) is 1.92. The first-order chi connectivity index (χ1) is 10.1. The number of nitrogens with one attached hydrogen (secondary N) is 2. The van der Waals surface area contributed by atoms with Gasteiger partial charge >= 0.3 is 11.8 Å². The van der Waals surface area contributed by atoms with Gasteiger partial charge in [0, 0.05) is 19.7 Å². The molecule has 1 aliphatic rings. The zero-order valence-corrected chi connectivity index (χ0v) is 12.2. The first-order valence-corrected chi connectivity index (χ1v) is 6.89. The Bertz CT molecular complexity index is 514. The summed E-state index contributed by atoms with van der Waals surface area (Å²) in [5, 5.41) is 5.23. The topological polar surface area (TPSA) is 76.7 Å². The van der Waals surface area contributed by atoms with Crippen LogP contribution >= 0.6 is 0 Å². The highest BCUT2D eigenvalue weighted by Gasteiger charge is 2.26. The van der Waals surface area contributed by atoms with Crippen LogP contribution in [0.25, 0.3) is 0 Å². The van der Waals surface area contributed by atoms with Crippen LogP contribution in [0.5, 0.6) is 5.75 Å². The molecule has 1 aromatic carbocycles. The van der Waals surface area contributed by atoms with Crippen molar-refractivity contribution in [1.29, 1.82) is 0 Å². The molecule has 6 heteroatoms. The lowest BCUT2D eigenvalue weighted by molar-refractivity contribution is -0.139. The largest absolute Gasteiger partial charge is 0.497 e. The summed E-state index contributed by atoms with van der Waals surface area (Å²) in [7, 11) is 3.14. The van der Waals surface area contributed by atoms with Gasteiger partial charge in [-0.2, -0.15) is 0 Å². The van der Waals surface area contributed by atoms with Crippen LogP contribution in [0, 0.1) is 0 Å². The summed E-state index contributed by atoms with van der Waals surface area (Å²) < 4.78 is 10.5. The van der Waals surface area contributed by atoms with Crippen molar-refractivity contribution >= 4 is 11.8 Å². The predicted molar refractivity (Wildman–Crippen MR) is 76.9 cm³/mol. The smallest absolute Gasteiger partial charge is 0.309 e. The highest BCUT2D eigenvalue weighted by Crippen LogP contribution is 2.21. The van der Waals surface area contributed by atoms with Gasteiger partial charge in [0.25, 0.3) is 0 Å². The Labute approximate surface area is 123 Å². The summed E-state index contributed by atoms with van der Waals surface area (Å²) in [6.07, 6.45) is 1.56. The first kappa shape index (κ1) is 15.3. The molecular formula is C15H20N2O4. The summed E-state index contributed by atoms with van der Waals surface area (Å²) in [6.45, 7) is 0.223. The molecule has 0 aliphatic heterocycles. The Morgan fingerprint density at radius 3 is 2.67 bits per heavy atom. The average Bonchev–Trinajstić information content (AvgIpc) is 3.31. The molecule has 1 aliphatic carbocycles. The van der Waals surface area contributed by atoms with E-state index in [9.17, 15) is 9.59 Å². The van der Waals surface area contributed by atoms with E-state index in [1.807, 2.05) is 24.3 Å². The maximum Gasteiger partial charge on any atom is 0.309 e. The van der Waals surface area contributed by atoms with Crippen molar-refractivity contribution in [3.63, 3.8) is 0 Å². The van der Waals surface area contributed by atoms with Gasteiger partial charge in [-0.3, -0.25) is 9.59 Å². The molecule has 6 nitrogen and oxygen atoms in total. The second-order valence-corrected chi connectivity index (χ2v) is 4.96. The van der Waals surface area contributed by atoms with E-state index >= 15 is 0 Å². The van der Waals surface area contributed by atoms with E-state index in [1.54, 1.807) is 14.2 Å². The highest BCUT2D eigenvalue weighted by molar-refractivity contribution is 6.35. The quantitative estimate of drug-likeness (QED) is 0.760. The molecule has 1 atom stereocenters. The minimum atomic E-state index is -0.633. The van der Waals surface area contributed by atoms with E-state index < -0.39 is 11.8 Å². The van der Waals surface area contributed by atoms with Crippen LogP contribution in [0.2, 0.25) is 0 Å². The lowest BCUT2D eigenvalue weighted by Crippen LogP contribution is -2.42. The van der Waals surface area contributed by atoms with Crippen LogP contribution in [0.4, 0.5) is 0 Å². The van der Waals surface area contributed by atoms with Gasteiger partial charge in [-0.05, 0) is 30.5 Å². The number of amides is 2. The Morgan fingerprint density at radius 1 is 1.29 bits per heavy atom. The monoisotopic (exact) mass is 292 g/mol. The second-order valence-electron chi connectivity index (χ2n) is 4.96. The maximum atomic E-state index is 11.7. The number of methoxy groups -OCH3 is 2. The summed E-state index contributed by atoms with van der Waals surface area (Å²) >= 11 is 0. The highest BCUT2D eigenvalue weighted by atomic mass is 16.5. The SMILES string of the molecule is COc1cccc(C(CNC(=O)C(=O)NC2CC2)OC)c1. The molecule has 2 N–H and O–H groups in total.